The highest BCUT2D eigenvalue weighted by Crippen LogP contribution is 2.26. The van der Waals surface area contributed by atoms with Gasteiger partial charge in [-0.15, -0.1) is 11.8 Å². The summed E-state index contributed by atoms with van der Waals surface area (Å²) in [7, 11) is 1.54. The minimum atomic E-state index is -0.808. The number of anilines is 1. The normalized spacial score (nSPS) is 12.9. The lowest BCUT2D eigenvalue weighted by atomic mass is 9.95. The number of halogens is 1. The molecule has 2 rings (SSSR count). The summed E-state index contributed by atoms with van der Waals surface area (Å²) in [6, 6.07) is 14.5. The zero-order valence-electron chi connectivity index (χ0n) is 14.8. The van der Waals surface area contributed by atoms with E-state index in [9.17, 15) is 9.59 Å². The Labute approximate surface area is 162 Å². The van der Waals surface area contributed by atoms with Gasteiger partial charge in [0.2, 0.25) is 0 Å². The lowest BCUT2D eigenvalue weighted by Gasteiger charge is -2.29. The van der Waals surface area contributed by atoms with Crippen molar-refractivity contribution in [3.63, 3.8) is 0 Å². The molecule has 0 bridgehead atoms. The summed E-state index contributed by atoms with van der Waals surface area (Å²) >= 11 is 7.52. The molecule has 26 heavy (non-hydrogen) atoms. The van der Waals surface area contributed by atoms with Crippen LogP contribution < -0.4 is 10.6 Å². The second-order valence-electron chi connectivity index (χ2n) is 5.78. The maximum absolute atomic E-state index is 12.2. The van der Waals surface area contributed by atoms with E-state index < -0.39 is 17.4 Å². The Morgan fingerprint density at radius 3 is 2.54 bits per heavy atom. The second kappa shape index (κ2) is 9.07. The second-order valence-corrected chi connectivity index (χ2v) is 7.07. The van der Waals surface area contributed by atoms with Crippen LogP contribution in [0, 0.1) is 0 Å². The average molecular weight is 393 g/mol. The number of thioether (sulfide) groups is 1. The van der Waals surface area contributed by atoms with E-state index in [2.05, 4.69) is 10.6 Å². The fourth-order valence-corrected chi connectivity index (χ4v) is 3.11. The van der Waals surface area contributed by atoms with Crippen LogP contribution in [0.5, 0.6) is 0 Å². The van der Waals surface area contributed by atoms with Crippen LogP contribution in [0.1, 0.15) is 12.5 Å². The van der Waals surface area contributed by atoms with E-state index in [-0.39, 0.29) is 6.54 Å². The van der Waals surface area contributed by atoms with Crippen molar-refractivity contribution < 1.29 is 14.3 Å². The average Bonchev–Trinajstić information content (AvgIpc) is 2.66. The van der Waals surface area contributed by atoms with Gasteiger partial charge in [-0.05, 0) is 43.0 Å². The fourth-order valence-electron chi connectivity index (χ4n) is 2.37. The summed E-state index contributed by atoms with van der Waals surface area (Å²) in [5.41, 5.74) is 0.600. The predicted octanol–water partition coefficient (Wildman–Crippen LogP) is 3.68. The molecule has 0 saturated heterocycles. The van der Waals surface area contributed by atoms with Crippen molar-refractivity contribution in [2.75, 3.05) is 25.2 Å². The zero-order chi connectivity index (χ0) is 19.2. The van der Waals surface area contributed by atoms with Gasteiger partial charge in [-0.3, -0.25) is 9.59 Å². The van der Waals surface area contributed by atoms with Crippen LogP contribution in [0.3, 0.4) is 0 Å². The number of ether oxygens (including phenoxy) is 1. The van der Waals surface area contributed by atoms with Crippen LogP contribution in [-0.2, 0) is 19.9 Å². The molecular formula is C19H21ClN2O3S. The summed E-state index contributed by atoms with van der Waals surface area (Å²) in [5.74, 6) is -1.46. The van der Waals surface area contributed by atoms with Gasteiger partial charge in [0.15, 0.2) is 0 Å². The molecule has 0 aliphatic heterocycles. The van der Waals surface area contributed by atoms with Gasteiger partial charge in [0.25, 0.3) is 0 Å². The maximum atomic E-state index is 12.2. The molecule has 1 unspecified atom stereocenters. The van der Waals surface area contributed by atoms with Crippen LogP contribution in [0.2, 0.25) is 5.02 Å². The maximum Gasteiger partial charge on any atom is 0.313 e. The molecule has 2 aromatic rings. The van der Waals surface area contributed by atoms with Crippen molar-refractivity contribution >= 4 is 40.9 Å². The van der Waals surface area contributed by atoms with E-state index in [0.29, 0.717) is 10.7 Å². The molecule has 138 valence electrons. The van der Waals surface area contributed by atoms with Crippen molar-refractivity contribution in [2.45, 2.75) is 17.4 Å². The molecule has 2 N–H and O–H groups in total. The number of methoxy groups -OCH3 is 1. The molecule has 2 amide bonds. The van der Waals surface area contributed by atoms with Crippen molar-refractivity contribution in [1.29, 1.82) is 0 Å². The first kappa shape index (κ1) is 20.3. The van der Waals surface area contributed by atoms with Gasteiger partial charge in [-0.2, -0.15) is 0 Å². The third-order valence-corrected chi connectivity index (χ3v) is 5.06. The molecule has 0 heterocycles. The number of carbonyl (C=O) groups excluding carboxylic acids is 2. The molecule has 5 nitrogen and oxygen atoms in total. The lowest BCUT2D eigenvalue weighted by molar-refractivity contribution is -0.137. The summed E-state index contributed by atoms with van der Waals surface area (Å²) in [6.07, 6.45) is 1.90. The highest BCUT2D eigenvalue weighted by atomic mass is 35.5. The van der Waals surface area contributed by atoms with E-state index in [1.54, 1.807) is 31.4 Å². The third kappa shape index (κ3) is 5.00. The SMILES string of the molecule is COC(C)(CNC(=O)C(=O)Nc1ccccc1SC)c1cccc(Cl)c1. The summed E-state index contributed by atoms with van der Waals surface area (Å²) in [5, 5.41) is 5.83. The quantitative estimate of drug-likeness (QED) is 0.581. The van der Waals surface area contributed by atoms with Crippen molar-refractivity contribution in [3.8, 4) is 0 Å². The molecule has 0 fully saturated rings. The van der Waals surface area contributed by atoms with Crippen LogP contribution >= 0.6 is 23.4 Å². The first-order valence-electron chi connectivity index (χ1n) is 7.93. The molecule has 0 radical (unpaired) electrons. The van der Waals surface area contributed by atoms with Crippen LogP contribution in [-0.4, -0.2) is 31.7 Å². The Hall–Kier alpha value is -2.02. The number of amides is 2. The predicted molar refractivity (Wildman–Crippen MR) is 106 cm³/mol. The van der Waals surface area contributed by atoms with E-state index in [1.807, 2.05) is 37.4 Å². The molecule has 2 aromatic carbocycles. The van der Waals surface area contributed by atoms with Crippen LogP contribution in [0.4, 0.5) is 5.69 Å². The minimum absolute atomic E-state index is 0.125. The van der Waals surface area contributed by atoms with E-state index in [0.717, 1.165) is 10.5 Å². The number of carbonyl (C=O) groups is 2. The van der Waals surface area contributed by atoms with Crippen LogP contribution in [0.15, 0.2) is 53.4 Å². The van der Waals surface area contributed by atoms with E-state index in [4.69, 9.17) is 16.3 Å². The van der Waals surface area contributed by atoms with Gasteiger partial charge in [0, 0.05) is 17.0 Å². The topological polar surface area (TPSA) is 67.4 Å². The molecule has 1 atom stereocenters. The van der Waals surface area contributed by atoms with Gasteiger partial charge < -0.3 is 15.4 Å². The van der Waals surface area contributed by atoms with E-state index >= 15 is 0 Å². The van der Waals surface area contributed by atoms with Gasteiger partial charge in [-0.25, -0.2) is 0 Å². The summed E-state index contributed by atoms with van der Waals surface area (Å²) < 4.78 is 5.56. The molecule has 0 aliphatic rings. The standard InChI is InChI=1S/C19H21ClN2O3S/c1-19(25-2,13-7-6-8-14(20)11-13)12-21-17(23)18(24)22-15-9-4-5-10-16(15)26-3/h4-11H,12H2,1-3H3,(H,21,23)(H,22,24). The fraction of sp³-hybridized carbons (Fsp3) is 0.263. The molecular weight excluding hydrogens is 372 g/mol. The molecule has 7 heteroatoms. The van der Waals surface area contributed by atoms with Crippen LogP contribution in [0.25, 0.3) is 0 Å². The smallest absolute Gasteiger partial charge is 0.313 e. The Balaban J connectivity index is 2.03. The number of para-hydroxylation sites is 1. The van der Waals surface area contributed by atoms with Gasteiger partial charge >= 0.3 is 11.8 Å². The molecule has 0 aromatic heterocycles. The lowest BCUT2D eigenvalue weighted by Crippen LogP contribution is -2.44. The zero-order valence-corrected chi connectivity index (χ0v) is 16.4. The molecule has 0 saturated carbocycles. The van der Waals surface area contributed by atoms with E-state index in [1.165, 1.54) is 11.8 Å². The number of hydrogen-bond acceptors (Lipinski definition) is 4. The van der Waals surface area contributed by atoms with Gasteiger partial charge in [0.1, 0.15) is 5.60 Å². The highest BCUT2D eigenvalue weighted by molar-refractivity contribution is 7.98. The first-order chi connectivity index (χ1) is 12.4. The number of hydrogen-bond donors (Lipinski definition) is 2. The highest BCUT2D eigenvalue weighted by Gasteiger charge is 2.28. The summed E-state index contributed by atoms with van der Waals surface area (Å²) in [6.45, 7) is 1.94. The molecule has 0 aliphatic carbocycles. The number of benzene rings is 2. The Morgan fingerprint density at radius 2 is 1.88 bits per heavy atom. The van der Waals surface area contributed by atoms with Crippen molar-refractivity contribution in [2.24, 2.45) is 0 Å². The Morgan fingerprint density at radius 1 is 1.15 bits per heavy atom. The van der Waals surface area contributed by atoms with Gasteiger partial charge in [-0.1, -0.05) is 35.9 Å². The number of rotatable bonds is 6. The Kier molecular flexibility index (Phi) is 7.08. The van der Waals surface area contributed by atoms with Crippen molar-refractivity contribution in [3.05, 3.63) is 59.1 Å². The Bertz CT molecular complexity index is 800. The third-order valence-electron chi connectivity index (χ3n) is 4.03. The molecule has 0 spiro atoms. The summed E-state index contributed by atoms with van der Waals surface area (Å²) in [4.78, 5) is 25.3. The van der Waals surface area contributed by atoms with Gasteiger partial charge in [0.05, 0.1) is 12.2 Å². The monoisotopic (exact) mass is 392 g/mol. The van der Waals surface area contributed by atoms with Crippen molar-refractivity contribution in [1.82, 2.24) is 5.32 Å². The number of nitrogens with one attached hydrogen (secondary N) is 2. The first-order valence-corrected chi connectivity index (χ1v) is 9.53. The largest absolute Gasteiger partial charge is 0.372 e. The minimum Gasteiger partial charge on any atom is -0.372 e.